The lowest BCUT2D eigenvalue weighted by atomic mass is 10.4. The van der Waals surface area contributed by atoms with Crippen molar-refractivity contribution in [2.45, 2.75) is 0 Å². The zero-order chi connectivity index (χ0) is 6.81. The SMILES string of the molecule is c1cc2c(c[nH+]1)OCCO2. The molecule has 0 amide bonds. The van der Waals surface area contributed by atoms with Gasteiger partial charge in [0.25, 0.3) is 0 Å². The van der Waals surface area contributed by atoms with Gasteiger partial charge in [-0.1, -0.05) is 0 Å². The first kappa shape index (κ1) is 5.53. The van der Waals surface area contributed by atoms with Crippen LogP contribution >= 0.6 is 0 Å². The van der Waals surface area contributed by atoms with E-state index in [2.05, 4.69) is 4.98 Å². The molecule has 1 N–H and O–H groups in total. The van der Waals surface area contributed by atoms with Crippen molar-refractivity contribution >= 4 is 0 Å². The lowest BCUT2D eigenvalue weighted by Gasteiger charge is -2.14. The van der Waals surface area contributed by atoms with Gasteiger partial charge < -0.3 is 9.47 Å². The van der Waals surface area contributed by atoms with Crippen LogP contribution < -0.4 is 14.5 Å². The van der Waals surface area contributed by atoms with Crippen LogP contribution in [0.4, 0.5) is 0 Å². The Bertz CT molecular complexity index is 212. The molecule has 2 heterocycles. The van der Waals surface area contributed by atoms with Crippen molar-refractivity contribution in [1.82, 2.24) is 0 Å². The smallest absolute Gasteiger partial charge is 0.226 e. The molecule has 0 aliphatic carbocycles. The summed E-state index contributed by atoms with van der Waals surface area (Å²) in [6.07, 6.45) is 3.60. The summed E-state index contributed by atoms with van der Waals surface area (Å²) in [4.78, 5) is 2.92. The first-order valence-electron chi connectivity index (χ1n) is 3.22. The molecule has 0 aromatic carbocycles. The highest BCUT2D eigenvalue weighted by Crippen LogP contribution is 2.26. The van der Waals surface area contributed by atoms with Gasteiger partial charge in [-0.05, 0) is 0 Å². The Kier molecular flexibility index (Phi) is 1.20. The van der Waals surface area contributed by atoms with Crippen LogP contribution in [-0.2, 0) is 0 Å². The minimum absolute atomic E-state index is 0.644. The molecule has 1 aromatic heterocycles. The average molecular weight is 138 g/mol. The van der Waals surface area contributed by atoms with Crippen molar-refractivity contribution in [3.05, 3.63) is 18.5 Å². The number of fused-ring (bicyclic) bond motifs is 1. The number of hydrogen-bond acceptors (Lipinski definition) is 2. The van der Waals surface area contributed by atoms with Gasteiger partial charge in [0.05, 0.1) is 0 Å². The summed E-state index contributed by atoms with van der Waals surface area (Å²) >= 11 is 0. The highest BCUT2D eigenvalue weighted by Gasteiger charge is 2.11. The lowest BCUT2D eigenvalue weighted by molar-refractivity contribution is -0.379. The maximum absolute atomic E-state index is 5.28. The Morgan fingerprint density at radius 1 is 1.20 bits per heavy atom. The Morgan fingerprint density at radius 3 is 2.80 bits per heavy atom. The molecule has 3 heteroatoms. The molecule has 2 rings (SSSR count). The molecule has 0 bridgehead atoms. The fraction of sp³-hybridized carbons (Fsp3) is 0.286. The summed E-state index contributed by atoms with van der Waals surface area (Å²) in [5.74, 6) is 1.62. The Morgan fingerprint density at radius 2 is 2.00 bits per heavy atom. The fourth-order valence-corrected chi connectivity index (χ4v) is 0.936. The minimum atomic E-state index is 0.644. The number of nitrogens with one attached hydrogen (secondary N) is 1. The normalized spacial score (nSPS) is 14.8. The van der Waals surface area contributed by atoms with Crippen LogP contribution in [0.5, 0.6) is 11.5 Å². The van der Waals surface area contributed by atoms with Gasteiger partial charge in [0.1, 0.15) is 13.2 Å². The minimum Gasteiger partial charge on any atom is -0.486 e. The second-order valence-electron chi connectivity index (χ2n) is 2.07. The number of H-pyrrole nitrogens is 1. The molecule has 0 fully saturated rings. The molecule has 0 saturated carbocycles. The molecular weight excluding hydrogens is 130 g/mol. The highest BCUT2D eigenvalue weighted by atomic mass is 16.6. The summed E-state index contributed by atoms with van der Waals surface area (Å²) in [6.45, 7) is 1.29. The zero-order valence-corrected chi connectivity index (χ0v) is 5.46. The van der Waals surface area contributed by atoms with E-state index in [-0.39, 0.29) is 0 Å². The highest BCUT2D eigenvalue weighted by molar-refractivity contribution is 5.35. The maximum Gasteiger partial charge on any atom is 0.226 e. The van der Waals surface area contributed by atoms with Crippen molar-refractivity contribution in [2.75, 3.05) is 13.2 Å². The second-order valence-corrected chi connectivity index (χ2v) is 2.07. The van der Waals surface area contributed by atoms with Gasteiger partial charge >= 0.3 is 0 Å². The Labute approximate surface area is 58.6 Å². The van der Waals surface area contributed by atoms with Gasteiger partial charge in [-0.15, -0.1) is 0 Å². The van der Waals surface area contributed by atoms with Crippen molar-refractivity contribution in [3.8, 4) is 11.5 Å². The number of aromatic nitrogens is 1. The van der Waals surface area contributed by atoms with E-state index in [0.29, 0.717) is 13.2 Å². The Balaban J connectivity index is 2.41. The van der Waals surface area contributed by atoms with E-state index in [9.17, 15) is 0 Å². The first-order chi connectivity index (χ1) is 4.97. The van der Waals surface area contributed by atoms with Crippen molar-refractivity contribution in [1.29, 1.82) is 0 Å². The summed E-state index contributed by atoms with van der Waals surface area (Å²) in [5.41, 5.74) is 0. The van der Waals surface area contributed by atoms with Crippen molar-refractivity contribution in [2.24, 2.45) is 0 Å². The molecule has 3 nitrogen and oxygen atoms in total. The molecule has 0 radical (unpaired) electrons. The topological polar surface area (TPSA) is 32.6 Å². The largest absolute Gasteiger partial charge is 0.486 e. The van der Waals surface area contributed by atoms with Gasteiger partial charge in [0.15, 0.2) is 11.9 Å². The van der Waals surface area contributed by atoms with E-state index < -0.39 is 0 Å². The van der Waals surface area contributed by atoms with Gasteiger partial charge in [0.2, 0.25) is 11.9 Å². The third-order valence-electron chi connectivity index (χ3n) is 1.39. The van der Waals surface area contributed by atoms with Gasteiger partial charge in [-0.25, -0.2) is 4.98 Å². The third-order valence-corrected chi connectivity index (χ3v) is 1.39. The third kappa shape index (κ3) is 0.795. The molecule has 1 aromatic rings. The molecule has 0 atom stereocenters. The maximum atomic E-state index is 5.28. The summed E-state index contributed by atoms with van der Waals surface area (Å²) in [7, 11) is 0. The average Bonchev–Trinajstić information content (AvgIpc) is 2.05. The molecule has 0 unspecified atom stereocenters. The molecule has 1 aliphatic heterocycles. The number of rotatable bonds is 0. The Hall–Kier alpha value is -1.25. The van der Waals surface area contributed by atoms with E-state index in [4.69, 9.17) is 9.47 Å². The van der Waals surface area contributed by atoms with E-state index in [0.717, 1.165) is 11.5 Å². The zero-order valence-electron chi connectivity index (χ0n) is 5.46. The van der Waals surface area contributed by atoms with Crippen LogP contribution in [0, 0.1) is 0 Å². The van der Waals surface area contributed by atoms with Crippen LogP contribution in [0.15, 0.2) is 18.5 Å². The van der Waals surface area contributed by atoms with E-state index in [1.807, 2.05) is 12.3 Å². The quantitative estimate of drug-likeness (QED) is 0.515. The van der Waals surface area contributed by atoms with Crippen molar-refractivity contribution < 1.29 is 14.5 Å². The molecular formula is C7H8NO2+. The standard InChI is InChI=1S/C7H7NO2/c1-2-8-5-7-6(1)9-3-4-10-7/h1-2,5H,3-4H2/p+1. The molecule has 0 saturated heterocycles. The summed E-state index contributed by atoms with van der Waals surface area (Å²) in [5, 5.41) is 0. The van der Waals surface area contributed by atoms with Crippen molar-refractivity contribution in [3.63, 3.8) is 0 Å². The van der Waals surface area contributed by atoms with Crippen LogP contribution in [-0.4, -0.2) is 13.2 Å². The van der Waals surface area contributed by atoms with Crippen LogP contribution in [0.2, 0.25) is 0 Å². The summed E-state index contributed by atoms with van der Waals surface area (Å²) in [6, 6.07) is 1.86. The second kappa shape index (κ2) is 2.17. The molecule has 0 spiro atoms. The predicted molar refractivity (Wildman–Crippen MR) is 34.0 cm³/mol. The summed E-state index contributed by atoms with van der Waals surface area (Å²) < 4.78 is 10.5. The number of aromatic amines is 1. The molecule has 10 heavy (non-hydrogen) atoms. The van der Waals surface area contributed by atoms with Gasteiger partial charge in [-0.3, -0.25) is 0 Å². The van der Waals surface area contributed by atoms with E-state index in [1.165, 1.54) is 0 Å². The van der Waals surface area contributed by atoms with Crippen LogP contribution in [0.3, 0.4) is 0 Å². The lowest BCUT2D eigenvalue weighted by Crippen LogP contribution is -2.17. The fourth-order valence-electron chi connectivity index (χ4n) is 0.936. The number of ether oxygens (including phenoxy) is 2. The van der Waals surface area contributed by atoms with Gasteiger partial charge in [-0.2, -0.15) is 0 Å². The van der Waals surface area contributed by atoms with Crippen LogP contribution in [0.1, 0.15) is 0 Å². The monoisotopic (exact) mass is 138 g/mol. The van der Waals surface area contributed by atoms with E-state index >= 15 is 0 Å². The number of hydrogen-bond donors (Lipinski definition) is 0. The number of pyridine rings is 1. The molecule has 52 valence electrons. The predicted octanol–water partition coefficient (Wildman–Crippen LogP) is 0.272. The van der Waals surface area contributed by atoms with Crippen LogP contribution in [0.25, 0.3) is 0 Å². The van der Waals surface area contributed by atoms with Gasteiger partial charge in [0, 0.05) is 6.07 Å². The van der Waals surface area contributed by atoms with E-state index in [1.54, 1.807) is 6.20 Å². The first-order valence-corrected chi connectivity index (χ1v) is 3.22. The molecule has 1 aliphatic rings.